The van der Waals surface area contributed by atoms with E-state index in [1.54, 1.807) is 12.1 Å². The van der Waals surface area contributed by atoms with Gasteiger partial charge in [0.1, 0.15) is 5.82 Å². The maximum absolute atomic E-state index is 12.9. The standard InChI is InChI=1S/C15H16FNO2S/c1-9-10(2)20-14(17-9)8-12(15(18)19)7-11-3-5-13(16)6-4-11/h3-6,12H,7-8H2,1-2H3,(H,18,19). The van der Waals surface area contributed by atoms with Gasteiger partial charge in [-0.2, -0.15) is 0 Å². The van der Waals surface area contributed by atoms with Crippen molar-refractivity contribution in [1.29, 1.82) is 0 Å². The van der Waals surface area contributed by atoms with Crippen molar-refractivity contribution < 1.29 is 14.3 Å². The van der Waals surface area contributed by atoms with Gasteiger partial charge in [-0.1, -0.05) is 12.1 Å². The fourth-order valence-electron chi connectivity index (χ4n) is 1.99. The monoisotopic (exact) mass is 293 g/mol. The number of aliphatic carboxylic acids is 1. The Balaban J connectivity index is 2.11. The van der Waals surface area contributed by atoms with Gasteiger partial charge in [0.15, 0.2) is 0 Å². The number of halogens is 1. The van der Waals surface area contributed by atoms with Crippen LogP contribution < -0.4 is 0 Å². The summed E-state index contributed by atoms with van der Waals surface area (Å²) in [6, 6.07) is 5.96. The largest absolute Gasteiger partial charge is 0.481 e. The third-order valence-corrected chi connectivity index (χ3v) is 4.33. The number of benzene rings is 1. The number of aryl methyl sites for hydroxylation is 2. The molecule has 0 amide bonds. The summed E-state index contributed by atoms with van der Waals surface area (Å²) in [5, 5.41) is 10.2. The van der Waals surface area contributed by atoms with Crippen LogP contribution in [0.1, 0.15) is 21.1 Å². The molecule has 0 aliphatic rings. The molecule has 1 aromatic carbocycles. The van der Waals surface area contributed by atoms with Crippen molar-refractivity contribution >= 4 is 17.3 Å². The second-order valence-corrected chi connectivity index (χ2v) is 6.11. The van der Waals surface area contributed by atoms with Gasteiger partial charge in [-0.25, -0.2) is 9.37 Å². The molecule has 1 unspecified atom stereocenters. The summed E-state index contributed by atoms with van der Waals surface area (Å²) in [6.07, 6.45) is 0.791. The van der Waals surface area contributed by atoms with Crippen LogP contribution in [0.15, 0.2) is 24.3 Å². The minimum atomic E-state index is -0.847. The number of carbonyl (C=O) groups is 1. The van der Waals surface area contributed by atoms with Crippen LogP contribution in [0, 0.1) is 25.6 Å². The predicted octanol–water partition coefficient (Wildman–Crippen LogP) is 3.39. The number of carboxylic acids is 1. The normalized spacial score (nSPS) is 12.3. The minimum absolute atomic E-state index is 0.313. The third-order valence-electron chi connectivity index (χ3n) is 3.24. The van der Waals surface area contributed by atoms with Gasteiger partial charge >= 0.3 is 5.97 Å². The summed E-state index contributed by atoms with van der Waals surface area (Å²) in [5.74, 6) is -1.70. The van der Waals surface area contributed by atoms with Crippen molar-refractivity contribution in [3.05, 3.63) is 51.2 Å². The van der Waals surface area contributed by atoms with E-state index in [2.05, 4.69) is 4.98 Å². The van der Waals surface area contributed by atoms with E-state index in [1.165, 1.54) is 23.5 Å². The van der Waals surface area contributed by atoms with E-state index in [0.717, 1.165) is 21.1 Å². The lowest BCUT2D eigenvalue weighted by molar-refractivity contribution is -0.141. The predicted molar refractivity (Wildman–Crippen MR) is 76.5 cm³/mol. The maximum Gasteiger partial charge on any atom is 0.307 e. The summed E-state index contributed by atoms with van der Waals surface area (Å²) in [7, 11) is 0. The fraction of sp³-hybridized carbons (Fsp3) is 0.333. The van der Waals surface area contributed by atoms with Crippen LogP contribution in [0.25, 0.3) is 0 Å². The molecule has 2 aromatic rings. The third kappa shape index (κ3) is 3.63. The Morgan fingerprint density at radius 1 is 1.30 bits per heavy atom. The van der Waals surface area contributed by atoms with E-state index in [4.69, 9.17) is 0 Å². The SMILES string of the molecule is Cc1nc(CC(Cc2ccc(F)cc2)C(=O)O)sc1C. The zero-order chi connectivity index (χ0) is 14.7. The van der Waals surface area contributed by atoms with Crippen LogP contribution in [-0.4, -0.2) is 16.1 Å². The molecule has 0 spiro atoms. The van der Waals surface area contributed by atoms with Crippen molar-refractivity contribution in [3.8, 4) is 0 Å². The van der Waals surface area contributed by atoms with Crippen molar-refractivity contribution in [2.75, 3.05) is 0 Å². The highest BCUT2D eigenvalue weighted by Crippen LogP contribution is 2.22. The molecule has 0 aliphatic heterocycles. The number of aromatic nitrogens is 1. The summed E-state index contributed by atoms with van der Waals surface area (Å²) in [5.41, 5.74) is 1.78. The summed E-state index contributed by atoms with van der Waals surface area (Å²) in [4.78, 5) is 16.9. The molecule has 0 fully saturated rings. The Hall–Kier alpha value is -1.75. The topological polar surface area (TPSA) is 50.2 Å². The van der Waals surface area contributed by atoms with Crippen molar-refractivity contribution in [3.63, 3.8) is 0 Å². The van der Waals surface area contributed by atoms with Gasteiger partial charge in [0.2, 0.25) is 0 Å². The molecule has 106 valence electrons. The van der Waals surface area contributed by atoms with Gasteiger partial charge in [0.05, 0.1) is 16.6 Å². The van der Waals surface area contributed by atoms with Gasteiger partial charge in [0.25, 0.3) is 0 Å². The molecule has 5 heteroatoms. The molecule has 20 heavy (non-hydrogen) atoms. The smallest absolute Gasteiger partial charge is 0.307 e. The molecule has 0 aliphatic carbocycles. The Bertz CT molecular complexity index is 587. The first-order valence-corrected chi connectivity index (χ1v) is 7.17. The minimum Gasteiger partial charge on any atom is -0.481 e. The van der Waals surface area contributed by atoms with Gasteiger partial charge in [0, 0.05) is 11.3 Å². The zero-order valence-corrected chi connectivity index (χ0v) is 12.2. The first-order chi connectivity index (χ1) is 9.45. The average Bonchev–Trinajstić information content (AvgIpc) is 2.70. The van der Waals surface area contributed by atoms with Crippen LogP contribution in [0.4, 0.5) is 4.39 Å². The summed E-state index contributed by atoms with van der Waals surface area (Å²) in [6.45, 7) is 3.90. The molecule has 3 nitrogen and oxygen atoms in total. The van der Waals surface area contributed by atoms with Crippen LogP contribution in [-0.2, 0) is 17.6 Å². The first-order valence-electron chi connectivity index (χ1n) is 6.36. The van der Waals surface area contributed by atoms with Gasteiger partial charge in [-0.15, -0.1) is 11.3 Å². The Morgan fingerprint density at radius 2 is 1.95 bits per heavy atom. The molecule has 1 atom stereocenters. The second kappa shape index (κ2) is 6.13. The molecule has 0 saturated heterocycles. The average molecular weight is 293 g/mol. The van der Waals surface area contributed by atoms with E-state index >= 15 is 0 Å². The molecule has 0 radical (unpaired) electrons. The van der Waals surface area contributed by atoms with Crippen molar-refractivity contribution in [2.45, 2.75) is 26.7 Å². The lowest BCUT2D eigenvalue weighted by Gasteiger charge is -2.10. The molecular formula is C15H16FNO2S. The van der Waals surface area contributed by atoms with E-state index in [9.17, 15) is 14.3 Å². The quantitative estimate of drug-likeness (QED) is 0.919. The summed E-state index contributed by atoms with van der Waals surface area (Å²) < 4.78 is 12.9. The van der Waals surface area contributed by atoms with Crippen molar-refractivity contribution in [1.82, 2.24) is 4.98 Å². The first kappa shape index (κ1) is 14.7. The molecular weight excluding hydrogens is 277 g/mol. The zero-order valence-electron chi connectivity index (χ0n) is 11.4. The number of hydrogen-bond donors (Lipinski definition) is 1. The number of hydrogen-bond acceptors (Lipinski definition) is 3. The number of nitrogens with zero attached hydrogens (tertiary/aromatic N) is 1. The fourth-order valence-corrected chi connectivity index (χ4v) is 3.00. The lowest BCUT2D eigenvalue weighted by Crippen LogP contribution is -2.19. The van der Waals surface area contributed by atoms with E-state index in [1.807, 2.05) is 13.8 Å². The van der Waals surface area contributed by atoms with Crippen LogP contribution in [0.3, 0.4) is 0 Å². The molecule has 2 rings (SSSR count). The molecule has 1 N–H and O–H groups in total. The molecule has 1 heterocycles. The van der Waals surface area contributed by atoms with E-state index in [-0.39, 0.29) is 5.82 Å². The Morgan fingerprint density at radius 3 is 2.45 bits per heavy atom. The highest BCUT2D eigenvalue weighted by atomic mass is 32.1. The van der Waals surface area contributed by atoms with Crippen LogP contribution >= 0.6 is 11.3 Å². The Labute approximate surface area is 121 Å². The van der Waals surface area contributed by atoms with Gasteiger partial charge < -0.3 is 5.11 Å². The van der Waals surface area contributed by atoms with Gasteiger partial charge in [-0.3, -0.25) is 4.79 Å². The number of thiazole rings is 1. The Kier molecular flexibility index (Phi) is 4.49. The number of carboxylic acid groups (broad SMARTS) is 1. The van der Waals surface area contributed by atoms with E-state index < -0.39 is 11.9 Å². The van der Waals surface area contributed by atoms with Crippen molar-refractivity contribution in [2.24, 2.45) is 5.92 Å². The van der Waals surface area contributed by atoms with Gasteiger partial charge in [-0.05, 0) is 38.0 Å². The summed E-state index contributed by atoms with van der Waals surface area (Å²) >= 11 is 1.54. The number of rotatable bonds is 5. The second-order valence-electron chi connectivity index (χ2n) is 4.82. The van der Waals surface area contributed by atoms with Crippen LogP contribution in [0.2, 0.25) is 0 Å². The van der Waals surface area contributed by atoms with E-state index in [0.29, 0.717) is 12.8 Å². The highest BCUT2D eigenvalue weighted by Gasteiger charge is 2.20. The molecule has 0 saturated carbocycles. The molecule has 1 aromatic heterocycles. The maximum atomic E-state index is 12.9. The van der Waals surface area contributed by atoms with Crippen LogP contribution in [0.5, 0.6) is 0 Å². The highest BCUT2D eigenvalue weighted by molar-refractivity contribution is 7.11. The lowest BCUT2D eigenvalue weighted by atomic mass is 9.96. The molecule has 0 bridgehead atoms.